The van der Waals surface area contributed by atoms with Crippen LogP contribution in [-0.2, 0) is 9.59 Å². The Morgan fingerprint density at radius 2 is 2.05 bits per heavy atom. The van der Waals surface area contributed by atoms with Crippen LogP contribution in [0.25, 0.3) is 0 Å². The van der Waals surface area contributed by atoms with E-state index in [9.17, 15) is 9.59 Å². The third kappa shape index (κ3) is 3.82. The molecular formula is C16H23N3O2. The lowest BCUT2D eigenvalue weighted by molar-refractivity contribution is -0.120. The zero-order valence-electron chi connectivity index (χ0n) is 12.6. The third-order valence-corrected chi connectivity index (χ3v) is 4.11. The van der Waals surface area contributed by atoms with Gasteiger partial charge in [0.15, 0.2) is 0 Å². The number of nitrogens with one attached hydrogen (secondary N) is 2. The summed E-state index contributed by atoms with van der Waals surface area (Å²) in [5.41, 5.74) is 8.14. The number of hydrogen-bond acceptors (Lipinski definition) is 3. The molecule has 114 valence electrons. The second-order valence-electron chi connectivity index (χ2n) is 5.73. The smallest absolute Gasteiger partial charge is 0.227 e. The van der Waals surface area contributed by atoms with E-state index in [0.717, 1.165) is 30.5 Å². The fraction of sp³-hybridized carbons (Fsp3) is 0.500. The van der Waals surface area contributed by atoms with Crippen LogP contribution in [0.1, 0.15) is 31.7 Å². The van der Waals surface area contributed by atoms with Gasteiger partial charge in [-0.1, -0.05) is 12.5 Å². The van der Waals surface area contributed by atoms with Crippen LogP contribution in [-0.4, -0.2) is 18.4 Å². The standard InChI is InChI=1S/C16H23N3O2/c1-10-6-7-13(18-11(2)20)8-15(10)19-16(21)14-5-3-4-12(14)9-17/h6-8,12,14H,3-5,9,17H2,1-2H3,(H,18,20)(H,19,21)/t12-,14-/m1/s1. The van der Waals surface area contributed by atoms with Crippen molar-refractivity contribution in [1.29, 1.82) is 0 Å². The molecule has 0 aliphatic heterocycles. The zero-order chi connectivity index (χ0) is 15.4. The maximum atomic E-state index is 12.4. The Balaban J connectivity index is 2.11. The van der Waals surface area contributed by atoms with Crippen molar-refractivity contribution in [2.45, 2.75) is 33.1 Å². The van der Waals surface area contributed by atoms with Crippen molar-refractivity contribution in [2.75, 3.05) is 17.2 Å². The Morgan fingerprint density at radius 1 is 1.29 bits per heavy atom. The van der Waals surface area contributed by atoms with E-state index in [-0.39, 0.29) is 23.7 Å². The van der Waals surface area contributed by atoms with Gasteiger partial charge in [-0.3, -0.25) is 9.59 Å². The lowest BCUT2D eigenvalue weighted by Gasteiger charge is -2.18. The van der Waals surface area contributed by atoms with Gasteiger partial charge in [0.1, 0.15) is 0 Å². The fourth-order valence-corrected chi connectivity index (χ4v) is 2.93. The van der Waals surface area contributed by atoms with Gasteiger partial charge in [0.25, 0.3) is 0 Å². The molecular weight excluding hydrogens is 266 g/mol. The third-order valence-electron chi connectivity index (χ3n) is 4.11. The average molecular weight is 289 g/mol. The minimum Gasteiger partial charge on any atom is -0.330 e. The summed E-state index contributed by atoms with van der Waals surface area (Å²) in [7, 11) is 0. The molecule has 2 rings (SSSR count). The molecule has 2 amide bonds. The molecule has 0 aromatic heterocycles. The molecule has 1 fully saturated rings. The number of nitrogens with two attached hydrogens (primary N) is 1. The van der Waals surface area contributed by atoms with Crippen LogP contribution in [0.4, 0.5) is 11.4 Å². The van der Waals surface area contributed by atoms with Crippen LogP contribution in [0.5, 0.6) is 0 Å². The molecule has 5 nitrogen and oxygen atoms in total. The summed E-state index contributed by atoms with van der Waals surface area (Å²) in [6, 6.07) is 5.50. The Bertz CT molecular complexity index is 542. The molecule has 0 spiro atoms. The molecule has 0 radical (unpaired) electrons. The fourth-order valence-electron chi connectivity index (χ4n) is 2.93. The topological polar surface area (TPSA) is 84.2 Å². The molecule has 0 heterocycles. The van der Waals surface area contributed by atoms with Crippen molar-refractivity contribution in [3.8, 4) is 0 Å². The molecule has 1 aromatic rings. The molecule has 0 bridgehead atoms. The van der Waals surface area contributed by atoms with E-state index in [1.807, 2.05) is 19.1 Å². The molecule has 1 aliphatic carbocycles. The van der Waals surface area contributed by atoms with Gasteiger partial charge >= 0.3 is 0 Å². The van der Waals surface area contributed by atoms with Gasteiger partial charge < -0.3 is 16.4 Å². The van der Waals surface area contributed by atoms with Crippen LogP contribution >= 0.6 is 0 Å². The molecule has 0 unspecified atom stereocenters. The van der Waals surface area contributed by atoms with E-state index in [0.29, 0.717) is 12.2 Å². The minimum absolute atomic E-state index is 0.00109. The zero-order valence-corrected chi connectivity index (χ0v) is 12.6. The van der Waals surface area contributed by atoms with Gasteiger partial charge in [-0.15, -0.1) is 0 Å². The lowest BCUT2D eigenvalue weighted by Crippen LogP contribution is -2.30. The molecule has 1 saturated carbocycles. The first-order chi connectivity index (χ1) is 10.0. The van der Waals surface area contributed by atoms with Gasteiger partial charge in [-0.25, -0.2) is 0 Å². The number of anilines is 2. The summed E-state index contributed by atoms with van der Waals surface area (Å²) in [6.45, 7) is 3.95. The Morgan fingerprint density at radius 3 is 2.71 bits per heavy atom. The number of carbonyl (C=O) groups excluding carboxylic acids is 2. The second-order valence-corrected chi connectivity index (χ2v) is 5.73. The minimum atomic E-state index is -0.130. The van der Waals surface area contributed by atoms with Crippen molar-refractivity contribution in [1.82, 2.24) is 0 Å². The first-order valence-electron chi connectivity index (χ1n) is 7.40. The molecule has 21 heavy (non-hydrogen) atoms. The van der Waals surface area contributed by atoms with E-state index in [1.165, 1.54) is 6.92 Å². The highest BCUT2D eigenvalue weighted by atomic mass is 16.2. The van der Waals surface area contributed by atoms with Crippen molar-refractivity contribution >= 4 is 23.2 Å². The van der Waals surface area contributed by atoms with Crippen LogP contribution in [0, 0.1) is 18.8 Å². The monoisotopic (exact) mass is 289 g/mol. The number of hydrogen-bond donors (Lipinski definition) is 3. The molecule has 1 aromatic carbocycles. The predicted molar refractivity (Wildman–Crippen MR) is 84.0 cm³/mol. The maximum Gasteiger partial charge on any atom is 0.227 e. The van der Waals surface area contributed by atoms with Crippen molar-refractivity contribution < 1.29 is 9.59 Å². The summed E-state index contributed by atoms with van der Waals surface area (Å²) < 4.78 is 0. The van der Waals surface area contributed by atoms with Crippen LogP contribution in [0.2, 0.25) is 0 Å². The second kappa shape index (κ2) is 6.72. The van der Waals surface area contributed by atoms with Crippen LogP contribution < -0.4 is 16.4 Å². The summed E-state index contributed by atoms with van der Waals surface area (Å²) in [5, 5.41) is 5.71. The van der Waals surface area contributed by atoms with E-state index in [1.54, 1.807) is 6.07 Å². The van der Waals surface area contributed by atoms with Gasteiger partial charge in [0.05, 0.1) is 0 Å². The van der Waals surface area contributed by atoms with Crippen molar-refractivity contribution in [3.05, 3.63) is 23.8 Å². The highest BCUT2D eigenvalue weighted by molar-refractivity contribution is 5.95. The molecule has 1 aliphatic rings. The van der Waals surface area contributed by atoms with E-state index < -0.39 is 0 Å². The lowest BCUT2D eigenvalue weighted by atomic mass is 9.95. The number of benzene rings is 1. The quantitative estimate of drug-likeness (QED) is 0.795. The highest BCUT2D eigenvalue weighted by Crippen LogP contribution is 2.32. The van der Waals surface area contributed by atoms with Crippen LogP contribution in [0.3, 0.4) is 0 Å². The number of carbonyl (C=O) groups is 2. The maximum absolute atomic E-state index is 12.4. The SMILES string of the molecule is CC(=O)Nc1ccc(C)c(NC(=O)[C@@H]2CCC[C@@H]2CN)c1. The van der Waals surface area contributed by atoms with Gasteiger partial charge in [0.2, 0.25) is 11.8 Å². The Kier molecular flexibility index (Phi) is 4.96. The van der Waals surface area contributed by atoms with Crippen LogP contribution in [0.15, 0.2) is 18.2 Å². The summed E-state index contributed by atoms with van der Waals surface area (Å²) in [4.78, 5) is 23.5. The molecule has 2 atom stereocenters. The van der Waals surface area contributed by atoms with E-state index >= 15 is 0 Å². The molecule has 4 N–H and O–H groups in total. The van der Waals surface area contributed by atoms with Gasteiger partial charge in [0, 0.05) is 24.2 Å². The molecule has 5 heteroatoms. The van der Waals surface area contributed by atoms with Gasteiger partial charge in [-0.2, -0.15) is 0 Å². The summed E-state index contributed by atoms with van der Waals surface area (Å²) >= 11 is 0. The summed E-state index contributed by atoms with van der Waals surface area (Å²) in [5.74, 6) is 0.184. The average Bonchev–Trinajstić information content (AvgIpc) is 2.90. The molecule has 0 saturated heterocycles. The Hall–Kier alpha value is -1.88. The largest absolute Gasteiger partial charge is 0.330 e. The predicted octanol–water partition coefficient (Wildman–Crippen LogP) is 2.27. The first-order valence-corrected chi connectivity index (χ1v) is 7.40. The first kappa shape index (κ1) is 15.5. The number of aryl methyl sites for hydroxylation is 1. The van der Waals surface area contributed by atoms with Crippen molar-refractivity contribution in [3.63, 3.8) is 0 Å². The van der Waals surface area contributed by atoms with Gasteiger partial charge in [-0.05, 0) is 49.9 Å². The Labute approximate surface area is 125 Å². The number of amides is 2. The normalized spacial score (nSPS) is 21.1. The van der Waals surface area contributed by atoms with E-state index in [4.69, 9.17) is 5.73 Å². The number of rotatable bonds is 4. The highest BCUT2D eigenvalue weighted by Gasteiger charge is 2.32. The van der Waals surface area contributed by atoms with E-state index in [2.05, 4.69) is 10.6 Å². The van der Waals surface area contributed by atoms with Crippen molar-refractivity contribution in [2.24, 2.45) is 17.6 Å². The summed E-state index contributed by atoms with van der Waals surface area (Å²) in [6.07, 6.45) is 2.99.